The third-order valence-corrected chi connectivity index (χ3v) is 9.63. The van der Waals surface area contributed by atoms with Gasteiger partial charge in [0.1, 0.15) is 23.9 Å². The average Bonchev–Trinajstić information content (AvgIpc) is 3.06. The fraction of sp³-hybridized carbons (Fsp3) is 0.286. The molecule has 0 spiro atoms. The number of anilines is 1. The van der Waals surface area contributed by atoms with E-state index in [1.807, 2.05) is 43.3 Å². The lowest BCUT2D eigenvalue weighted by atomic mass is 10.0. The third-order valence-electron chi connectivity index (χ3n) is 6.18. The highest BCUT2D eigenvalue weighted by Crippen LogP contribution is 2.38. The molecule has 3 aromatic rings. The van der Waals surface area contributed by atoms with Crippen molar-refractivity contribution >= 4 is 24.0 Å². The summed E-state index contributed by atoms with van der Waals surface area (Å²) >= 11 is 0. The highest BCUT2D eigenvalue weighted by Gasteiger charge is 2.39. The third kappa shape index (κ3) is 6.34. The van der Waals surface area contributed by atoms with Gasteiger partial charge in [-0.05, 0) is 53.4 Å². The maximum Gasteiger partial charge on any atom is 0.332 e. The summed E-state index contributed by atoms with van der Waals surface area (Å²) in [4.78, 5) is 0. The molecule has 0 radical (unpaired) electrons. The van der Waals surface area contributed by atoms with Gasteiger partial charge in [-0.25, -0.2) is 13.0 Å². The summed E-state index contributed by atoms with van der Waals surface area (Å²) in [6.07, 6.45) is 1.54. The van der Waals surface area contributed by atoms with Crippen molar-refractivity contribution in [1.29, 1.82) is 0 Å². The fourth-order valence-electron chi connectivity index (χ4n) is 4.04. The molecule has 196 valence electrons. The zero-order chi connectivity index (χ0) is 26.8. The summed E-state index contributed by atoms with van der Waals surface area (Å²) in [6, 6.07) is 20.5. The summed E-state index contributed by atoms with van der Waals surface area (Å²) in [5, 5.41) is 10.6. The van der Waals surface area contributed by atoms with E-state index >= 15 is 0 Å². The molecule has 1 aliphatic heterocycles. The minimum atomic E-state index is -4.03. The maximum atomic E-state index is 14.5. The molecule has 0 saturated heterocycles. The van der Waals surface area contributed by atoms with Crippen LogP contribution in [0.15, 0.2) is 78.8 Å². The van der Waals surface area contributed by atoms with E-state index < -0.39 is 18.3 Å². The van der Waals surface area contributed by atoms with Gasteiger partial charge in [-0.15, -0.1) is 0 Å². The van der Waals surface area contributed by atoms with Gasteiger partial charge in [0.15, 0.2) is 0 Å². The molecule has 3 aromatic carbocycles. The van der Waals surface area contributed by atoms with Gasteiger partial charge in [-0.1, -0.05) is 68.2 Å². The van der Waals surface area contributed by atoms with Crippen molar-refractivity contribution in [3.8, 4) is 5.75 Å². The fourth-order valence-corrected chi connectivity index (χ4v) is 6.54. The summed E-state index contributed by atoms with van der Waals surface area (Å²) in [6.45, 7) is 8.72. The number of hydrogen-bond donors (Lipinski definition) is 1. The van der Waals surface area contributed by atoms with Crippen LogP contribution in [0, 0.1) is 12.7 Å². The van der Waals surface area contributed by atoms with Gasteiger partial charge in [0, 0.05) is 21.0 Å². The first-order chi connectivity index (χ1) is 17.4. The molecule has 1 heterocycles. The van der Waals surface area contributed by atoms with Crippen LogP contribution in [-0.4, -0.2) is 32.4 Å². The van der Waals surface area contributed by atoms with Crippen LogP contribution >= 0.6 is 0 Å². The lowest BCUT2D eigenvalue weighted by Crippen LogP contribution is -2.37. The first kappa shape index (κ1) is 26.8. The molecular weight excluding hydrogens is 507 g/mol. The van der Waals surface area contributed by atoms with Gasteiger partial charge in [0.25, 0.3) is 0 Å². The molecule has 4 rings (SSSR count). The SMILES string of the molecule is Cc1ccc(Cc2ccc(N3C=C(O)N(CC[Si](C)(C)C)S3(=O)=O)c(OCc3ccccc3)c2)c(F)c1. The molecule has 0 unspecified atom stereocenters. The predicted molar refractivity (Wildman–Crippen MR) is 148 cm³/mol. The number of aryl methyl sites for hydroxylation is 1. The Hall–Kier alpha value is -3.30. The van der Waals surface area contributed by atoms with E-state index in [1.165, 1.54) is 12.3 Å². The van der Waals surface area contributed by atoms with Crippen LogP contribution in [0.1, 0.15) is 22.3 Å². The summed E-state index contributed by atoms with van der Waals surface area (Å²) in [7, 11) is -5.59. The van der Waals surface area contributed by atoms with Crippen LogP contribution < -0.4 is 9.04 Å². The van der Waals surface area contributed by atoms with Crippen molar-refractivity contribution in [3.05, 3.63) is 107 Å². The van der Waals surface area contributed by atoms with Crippen molar-refractivity contribution in [3.63, 3.8) is 0 Å². The highest BCUT2D eigenvalue weighted by molar-refractivity contribution is 7.91. The Labute approximate surface area is 219 Å². The Balaban J connectivity index is 1.67. The number of aliphatic hydroxyl groups excluding tert-OH is 1. The molecule has 0 bridgehead atoms. The van der Waals surface area contributed by atoms with Crippen LogP contribution in [-0.2, 0) is 23.2 Å². The van der Waals surface area contributed by atoms with Gasteiger partial charge < -0.3 is 9.84 Å². The Morgan fingerprint density at radius 1 is 0.973 bits per heavy atom. The number of rotatable bonds is 9. The van der Waals surface area contributed by atoms with E-state index in [0.717, 1.165) is 25.3 Å². The Kier molecular flexibility index (Phi) is 7.66. The summed E-state index contributed by atoms with van der Waals surface area (Å²) < 4.78 is 49.6. The molecule has 1 N–H and O–H groups in total. The number of ether oxygens (including phenoxy) is 1. The molecule has 0 saturated carbocycles. The minimum absolute atomic E-state index is 0.210. The van der Waals surface area contributed by atoms with Crippen LogP contribution in [0.4, 0.5) is 10.1 Å². The van der Waals surface area contributed by atoms with E-state index in [4.69, 9.17) is 4.74 Å². The first-order valence-corrected chi connectivity index (χ1v) is 17.3. The number of halogens is 1. The molecule has 0 amide bonds. The van der Waals surface area contributed by atoms with Crippen molar-refractivity contribution < 1.29 is 22.7 Å². The number of hydrogen-bond acceptors (Lipinski definition) is 4. The van der Waals surface area contributed by atoms with E-state index in [-0.39, 0.29) is 30.5 Å². The van der Waals surface area contributed by atoms with E-state index in [1.54, 1.807) is 24.3 Å². The quantitative estimate of drug-likeness (QED) is 0.321. The second-order valence-electron chi connectivity index (χ2n) is 10.5. The van der Waals surface area contributed by atoms with Gasteiger partial charge in [0.05, 0.1) is 6.20 Å². The lowest BCUT2D eigenvalue weighted by Gasteiger charge is -2.25. The van der Waals surface area contributed by atoms with Gasteiger partial charge in [-0.3, -0.25) is 0 Å². The van der Waals surface area contributed by atoms with Crippen LogP contribution in [0.5, 0.6) is 5.75 Å². The average molecular weight is 541 g/mol. The first-order valence-electron chi connectivity index (χ1n) is 12.2. The summed E-state index contributed by atoms with van der Waals surface area (Å²) in [5.74, 6) is -0.282. The number of nitrogens with zero attached hydrogens (tertiary/aromatic N) is 2. The zero-order valence-corrected chi connectivity index (χ0v) is 23.4. The van der Waals surface area contributed by atoms with E-state index in [9.17, 15) is 17.9 Å². The predicted octanol–water partition coefficient (Wildman–Crippen LogP) is 6.37. The van der Waals surface area contributed by atoms with Crippen molar-refractivity contribution in [2.24, 2.45) is 0 Å². The minimum Gasteiger partial charge on any atom is -0.493 e. The Morgan fingerprint density at radius 3 is 2.38 bits per heavy atom. The smallest absolute Gasteiger partial charge is 0.332 e. The molecule has 9 heteroatoms. The molecular formula is C28H33FN2O4SSi. The molecule has 6 nitrogen and oxygen atoms in total. The normalized spacial score (nSPS) is 15.1. The van der Waals surface area contributed by atoms with Crippen LogP contribution in [0.2, 0.25) is 25.7 Å². The highest BCUT2D eigenvalue weighted by atomic mass is 32.2. The monoisotopic (exact) mass is 540 g/mol. The van der Waals surface area contributed by atoms with Crippen molar-refractivity contribution in [1.82, 2.24) is 4.31 Å². The maximum absolute atomic E-state index is 14.5. The topological polar surface area (TPSA) is 70.1 Å². The van der Waals surface area contributed by atoms with Crippen LogP contribution in [0.25, 0.3) is 0 Å². The number of benzene rings is 3. The molecule has 0 aromatic heterocycles. The zero-order valence-electron chi connectivity index (χ0n) is 21.6. The standard InChI is InChI=1S/C28H33FN2O4SSi/c1-21-10-12-24(25(29)16-21)17-23-11-13-26(27(18-23)35-20-22-8-6-5-7-9-22)31-19-28(32)30(36(31,33)34)14-15-37(2,3)4/h5-13,16,18-19,32H,14-15,17,20H2,1-4H3. The second-order valence-corrected chi connectivity index (χ2v) is 17.9. The Morgan fingerprint density at radius 2 is 1.70 bits per heavy atom. The molecule has 0 aliphatic carbocycles. The van der Waals surface area contributed by atoms with Crippen molar-refractivity contribution in [2.75, 3.05) is 10.8 Å². The Bertz CT molecular complexity index is 1410. The van der Waals surface area contributed by atoms with E-state index in [0.29, 0.717) is 23.8 Å². The van der Waals surface area contributed by atoms with Crippen LogP contribution in [0.3, 0.4) is 0 Å². The van der Waals surface area contributed by atoms with Gasteiger partial charge in [-0.2, -0.15) is 8.42 Å². The van der Waals surface area contributed by atoms with Crippen molar-refractivity contribution in [2.45, 2.75) is 45.6 Å². The molecule has 0 atom stereocenters. The largest absolute Gasteiger partial charge is 0.493 e. The molecule has 1 aliphatic rings. The van der Waals surface area contributed by atoms with E-state index in [2.05, 4.69) is 19.6 Å². The lowest BCUT2D eigenvalue weighted by molar-refractivity contribution is 0.294. The molecule has 0 fully saturated rings. The number of aliphatic hydroxyl groups is 1. The second kappa shape index (κ2) is 10.6. The molecule has 37 heavy (non-hydrogen) atoms. The van der Waals surface area contributed by atoms with Gasteiger partial charge in [0.2, 0.25) is 5.88 Å². The van der Waals surface area contributed by atoms with Gasteiger partial charge >= 0.3 is 10.2 Å². The summed E-state index contributed by atoms with van der Waals surface area (Å²) in [5.41, 5.74) is 3.35.